The number of benzene rings is 2. The van der Waals surface area contributed by atoms with Crippen LogP contribution in [-0.4, -0.2) is 35.8 Å². The Kier molecular flexibility index (Phi) is 4.10. The van der Waals surface area contributed by atoms with E-state index in [4.69, 9.17) is 4.74 Å². The zero-order valence-electron chi connectivity index (χ0n) is 15.5. The molecule has 3 aliphatic rings. The maximum Gasteiger partial charge on any atom is 0.329 e. The molecule has 0 bridgehead atoms. The minimum absolute atomic E-state index is 0.287. The number of methoxy groups -OCH3 is 1. The summed E-state index contributed by atoms with van der Waals surface area (Å²) in [6.07, 6.45) is 3.71. The number of amides is 2. The van der Waals surface area contributed by atoms with Crippen LogP contribution in [0.15, 0.2) is 59.2 Å². The molecule has 4 atom stereocenters. The Morgan fingerprint density at radius 2 is 1.79 bits per heavy atom. The lowest BCUT2D eigenvalue weighted by Gasteiger charge is -2.34. The maximum atomic E-state index is 13.5. The Labute approximate surface area is 175 Å². The van der Waals surface area contributed by atoms with Gasteiger partial charge < -0.3 is 9.64 Å². The van der Waals surface area contributed by atoms with Gasteiger partial charge in [0.25, 0.3) is 0 Å². The third kappa shape index (κ3) is 2.50. The number of rotatable bonds is 2. The molecule has 0 aliphatic carbocycles. The third-order valence-electron chi connectivity index (χ3n) is 5.97. The van der Waals surface area contributed by atoms with Crippen LogP contribution in [0.4, 0.5) is 5.69 Å². The summed E-state index contributed by atoms with van der Waals surface area (Å²) in [5.41, 5.74) is 2.42. The number of hydrogen-bond donors (Lipinski definition) is 0. The normalized spacial score (nSPS) is 27.0. The van der Waals surface area contributed by atoms with Gasteiger partial charge in [-0.3, -0.25) is 9.59 Å². The van der Waals surface area contributed by atoms with Crippen molar-refractivity contribution in [2.24, 2.45) is 11.8 Å². The van der Waals surface area contributed by atoms with Gasteiger partial charge in [0.1, 0.15) is 6.04 Å². The van der Waals surface area contributed by atoms with Crippen molar-refractivity contribution in [3.63, 3.8) is 0 Å². The van der Waals surface area contributed by atoms with Gasteiger partial charge in [0, 0.05) is 10.7 Å². The summed E-state index contributed by atoms with van der Waals surface area (Å²) in [5.74, 6) is -2.62. The van der Waals surface area contributed by atoms with E-state index >= 15 is 0 Å². The average molecular weight is 453 g/mol. The molecule has 7 heteroatoms. The summed E-state index contributed by atoms with van der Waals surface area (Å²) in [7, 11) is 1.31. The first-order chi connectivity index (χ1) is 14.0. The number of carbonyl (C=O) groups excluding carboxylic acids is 3. The van der Waals surface area contributed by atoms with Gasteiger partial charge in [-0.2, -0.15) is 0 Å². The van der Waals surface area contributed by atoms with Crippen LogP contribution in [0.25, 0.3) is 6.08 Å². The molecule has 0 spiro atoms. The van der Waals surface area contributed by atoms with Gasteiger partial charge in [-0.1, -0.05) is 46.3 Å². The quantitative estimate of drug-likeness (QED) is 0.517. The lowest BCUT2D eigenvalue weighted by atomic mass is 9.84. The van der Waals surface area contributed by atoms with Crippen LogP contribution >= 0.6 is 15.9 Å². The van der Waals surface area contributed by atoms with Gasteiger partial charge in [0.05, 0.1) is 30.7 Å². The average Bonchev–Trinajstić information content (AvgIpc) is 3.20. The number of nitrogens with zero attached hydrogens (tertiary/aromatic N) is 2. The molecule has 0 saturated carbocycles. The predicted octanol–water partition coefficient (Wildman–Crippen LogP) is 3.14. The number of anilines is 1. The van der Waals surface area contributed by atoms with Crippen LogP contribution in [-0.2, 0) is 19.1 Å². The van der Waals surface area contributed by atoms with Crippen molar-refractivity contribution < 1.29 is 19.1 Å². The van der Waals surface area contributed by atoms with Crippen LogP contribution < -0.4 is 4.90 Å². The Balaban J connectivity index is 1.66. The molecule has 5 rings (SSSR count). The zero-order valence-corrected chi connectivity index (χ0v) is 17.1. The highest BCUT2D eigenvalue weighted by atomic mass is 79.9. The summed E-state index contributed by atoms with van der Waals surface area (Å²) < 4.78 is 5.79. The molecule has 3 aliphatic heterocycles. The zero-order chi connectivity index (χ0) is 20.3. The fourth-order valence-corrected chi connectivity index (χ4v) is 5.20. The predicted molar refractivity (Wildman–Crippen MR) is 109 cm³/mol. The van der Waals surface area contributed by atoms with E-state index in [0.717, 1.165) is 15.6 Å². The molecule has 2 saturated heterocycles. The molecule has 2 aromatic rings. The minimum atomic E-state index is -0.840. The summed E-state index contributed by atoms with van der Waals surface area (Å²) in [4.78, 5) is 42.7. The monoisotopic (exact) mass is 452 g/mol. The number of carbonyl (C=O) groups is 3. The van der Waals surface area contributed by atoms with Gasteiger partial charge in [-0.05, 0) is 35.4 Å². The second-order valence-electron chi connectivity index (χ2n) is 7.35. The number of hydrogen-bond acceptors (Lipinski definition) is 5. The van der Waals surface area contributed by atoms with Crippen molar-refractivity contribution in [3.05, 3.63) is 70.3 Å². The molecule has 0 N–H and O–H groups in total. The van der Waals surface area contributed by atoms with Crippen molar-refractivity contribution in [3.8, 4) is 0 Å². The van der Waals surface area contributed by atoms with E-state index in [2.05, 4.69) is 15.9 Å². The highest BCUT2D eigenvalue weighted by Crippen LogP contribution is 2.53. The van der Waals surface area contributed by atoms with Crippen molar-refractivity contribution in [1.82, 2.24) is 4.90 Å². The summed E-state index contributed by atoms with van der Waals surface area (Å²) in [5, 5.41) is 0. The molecule has 2 aromatic carbocycles. The van der Waals surface area contributed by atoms with Crippen LogP contribution in [0.1, 0.15) is 17.2 Å². The van der Waals surface area contributed by atoms with Crippen LogP contribution in [0.3, 0.4) is 0 Å². The highest BCUT2D eigenvalue weighted by Gasteiger charge is 2.65. The van der Waals surface area contributed by atoms with Crippen LogP contribution in [0.5, 0.6) is 0 Å². The van der Waals surface area contributed by atoms with E-state index in [1.54, 1.807) is 24.4 Å². The Hall–Kier alpha value is -2.93. The van der Waals surface area contributed by atoms with Crippen LogP contribution in [0.2, 0.25) is 0 Å². The summed E-state index contributed by atoms with van der Waals surface area (Å²) >= 11 is 3.39. The van der Waals surface area contributed by atoms with Gasteiger partial charge in [-0.25, -0.2) is 9.69 Å². The Morgan fingerprint density at radius 3 is 2.55 bits per heavy atom. The van der Waals surface area contributed by atoms with Gasteiger partial charge in [0.15, 0.2) is 0 Å². The SMILES string of the molecule is COC(=O)[C@H]1[C@@H]2C(=O)N(c3cccc(Br)c3)C(=O)[C@@H]2[C@H]2c3ccccc3C=CN21. The molecule has 29 heavy (non-hydrogen) atoms. The van der Waals surface area contributed by atoms with E-state index in [9.17, 15) is 14.4 Å². The molecule has 6 nitrogen and oxygen atoms in total. The minimum Gasteiger partial charge on any atom is -0.467 e. The maximum absolute atomic E-state index is 13.5. The standard InChI is InChI=1S/C22H17BrN2O4/c1-29-22(28)19-17-16(18-15-8-3-2-5-12(15)9-10-24(18)19)20(26)25(21(17)27)14-7-4-6-13(23)11-14/h2-11,16-19H,1H3/t16-,17+,18+,19+/m0/s1. The number of imide groups is 1. The fourth-order valence-electron chi connectivity index (χ4n) is 4.82. The second-order valence-corrected chi connectivity index (χ2v) is 8.26. The molecule has 2 amide bonds. The van der Waals surface area contributed by atoms with Crippen molar-refractivity contribution in [1.29, 1.82) is 0 Å². The van der Waals surface area contributed by atoms with Crippen molar-refractivity contribution in [2.45, 2.75) is 12.1 Å². The highest BCUT2D eigenvalue weighted by molar-refractivity contribution is 9.10. The molecule has 146 valence electrons. The largest absolute Gasteiger partial charge is 0.467 e. The van der Waals surface area contributed by atoms with Crippen LogP contribution in [0, 0.1) is 11.8 Å². The number of ether oxygens (including phenoxy) is 1. The van der Waals surface area contributed by atoms with Gasteiger partial charge in [0.2, 0.25) is 11.8 Å². The second kappa shape index (κ2) is 6.56. The molecular weight excluding hydrogens is 436 g/mol. The van der Waals surface area contributed by atoms with Crippen molar-refractivity contribution in [2.75, 3.05) is 12.0 Å². The molecule has 0 unspecified atom stereocenters. The van der Waals surface area contributed by atoms with E-state index in [1.165, 1.54) is 12.0 Å². The molecule has 3 heterocycles. The molecule has 0 radical (unpaired) electrons. The number of fused-ring (bicyclic) bond motifs is 5. The third-order valence-corrected chi connectivity index (χ3v) is 6.46. The van der Waals surface area contributed by atoms with E-state index in [-0.39, 0.29) is 17.9 Å². The first-order valence-corrected chi connectivity index (χ1v) is 10.1. The lowest BCUT2D eigenvalue weighted by molar-refractivity contribution is -0.148. The van der Waals surface area contributed by atoms with Crippen molar-refractivity contribution >= 4 is 45.5 Å². The van der Waals surface area contributed by atoms with E-state index in [1.807, 2.05) is 41.3 Å². The van der Waals surface area contributed by atoms with E-state index < -0.39 is 23.8 Å². The topological polar surface area (TPSA) is 66.9 Å². The number of esters is 1. The molecule has 0 aromatic heterocycles. The molecular formula is C22H17BrN2O4. The summed E-state index contributed by atoms with van der Waals surface area (Å²) in [6, 6.07) is 13.6. The van der Waals surface area contributed by atoms with E-state index in [0.29, 0.717) is 5.69 Å². The summed E-state index contributed by atoms with van der Waals surface area (Å²) in [6.45, 7) is 0. The smallest absolute Gasteiger partial charge is 0.329 e. The first kappa shape index (κ1) is 18.1. The Morgan fingerprint density at radius 1 is 1.03 bits per heavy atom. The lowest BCUT2D eigenvalue weighted by Crippen LogP contribution is -2.44. The molecule has 2 fully saturated rings. The van der Waals surface area contributed by atoms with Gasteiger partial charge in [-0.15, -0.1) is 0 Å². The fraction of sp³-hybridized carbons (Fsp3) is 0.227. The first-order valence-electron chi connectivity index (χ1n) is 9.28. The number of halogens is 1. The Bertz CT molecular complexity index is 1080. The van der Waals surface area contributed by atoms with Gasteiger partial charge >= 0.3 is 5.97 Å².